The molecule has 3 aromatic rings. The molecule has 2 N–H and O–H groups in total. The Bertz CT molecular complexity index is 1300. The van der Waals surface area contributed by atoms with Gasteiger partial charge in [-0.25, -0.2) is 10.2 Å². The van der Waals surface area contributed by atoms with Crippen LogP contribution in [0.2, 0.25) is 0 Å². The number of rotatable bonds is 8. The van der Waals surface area contributed by atoms with Crippen LogP contribution < -0.4 is 25.0 Å². The van der Waals surface area contributed by atoms with E-state index < -0.39 is 23.9 Å². The van der Waals surface area contributed by atoms with E-state index in [1.807, 2.05) is 0 Å². The van der Waals surface area contributed by atoms with Crippen LogP contribution in [0.1, 0.15) is 11.3 Å². The molecule has 1 unspecified atom stereocenters. The van der Waals surface area contributed by atoms with Gasteiger partial charge in [0, 0.05) is 16.1 Å². The minimum absolute atomic E-state index is 0.0315. The number of ether oxygens (including phenoxy) is 3. The lowest BCUT2D eigenvalue weighted by Gasteiger charge is -2.25. The molecular formula is C25H20BrN3O7. The standard InChI is InChI=1S/C25H20BrN3O7/c26-17-7-9-19(36-24(31)10-8-18-4-3-11-33-18)16(12-17)13-28-29-23(30)14-27-25(32)22-15-34-20-5-1-2-6-21(20)35-22/h1-13,22H,14-15H2,(H,27,32)(H,29,30)/b10-8+,28-13+. The van der Waals surface area contributed by atoms with Crippen LogP contribution >= 0.6 is 15.9 Å². The molecule has 0 aliphatic carbocycles. The summed E-state index contributed by atoms with van der Waals surface area (Å²) in [6.45, 7) is -0.292. The van der Waals surface area contributed by atoms with E-state index >= 15 is 0 Å². The van der Waals surface area contributed by atoms with Crippen molar-refractivity contribution in [3.05, 3.63) is 82.7 Å². The van der Waals surface area contributed by atoms with Crippen LogP contribution in [0.4, 0.5) is 0 Å². The van der Waals surface area contributed by atoms with Crippen LogP contribution in [-0.4, -0.2) is 43.3 Å². The molecular weight excluding hydrogens is 534 g/mol. The number of benzene rings is 2. The zero-order chi connectivity index (χ0) is 25.3. The number of furan rings is 1. The number of carbonyl (C=O) groups excluding carboxylic acids is 3. The van der Waals surface area contributed by atoms with E-state index in [0.29, 0.717) is 27.3 Å². The molecule has 2 aromatic carbocycles. The lowest BCUT2D eigenvalue weighted by atomic mass is 10.2. The lowest BCUT2D eigenvalue weighted by Crippen LogP contribution is -2.46. The first kappa shape index (κ1) is 24.7. The van der Waals surface area contributed by atoms with E-state index in [9.17, 15) is 14.4 Å². The van der Waals surface area contributed by atoms with Crippen molar-refractivity contribution in [1.82, 2.24) is 10.7 Å². The number of esters is 1. The third-order valence-corrected chi connectivity index (χ3v) is 5.22. The van der Waals surface area contributed by atoms with Crippen LogP contribution in [0.3, 0.4) is 0 Å². The zero-order valence-corrected chi connectivity index (χ0v) is 20.3. The van der Waals surface area contributed by atoms with Crippen LogP contribution in [0.25, 0.3) is 6.08 Å². The molecule has 1 aliphatic rings. The Morgan fingerprint density at radius 1 is 1.11 bits per heavy atom. The van der Waals surface area contributed by atoms with Gasteiger partial charge in [-0.3, -0.25) is 9.59 Å². The van der Waals surface area contributed by atoms with Crippen LogP contribution in [-0.2, 0) is 14.4 Å². The summed E-state index contributed by atoms with van der Waals surface area (Å²) in [5, 5.41) is 6.36. The second-order valence-electron chi connectivity index (χ2n) is 7.33. The fraction of sp³-hybridized carbons (Fsp3) is 0.120. The van der Waals surface area contributed by atoms with Gasteiger partial charge in [0.1, 0.15) is 18.1 Å². The number of hydrazone groups is 1. The smallest absolute Gasteiger partial charge is 0.336 e. The molecule has 184 valence electrons. The van der Waals surface area contributed by atoms with Crippen molar-refractivity contribution in [1.29, 1.82) is 0 Å². The zero-order valence-electron chi connectivity index (χ0n) is 18.7. The van der Waals surface area contributed by atoms with Gasteiger partial charge in [0.05, 0.1) is 19.0 Å². The minimum atomic E-state index is -0.878. The van der Waals surface area contributed by atoms with Crippen LogP contribution in [0.5, 0.6) is 17.2 Å². The molecule has 0 saturated carbocycles. The molecule has 2 heterocycles. The summed E-state index contributed by atoms with van der Waals surface area (Å²) in [7, 11) is 0. The van der Waals surface area contributed by atoms with Gasteiger partial charge in [-0.05, 0) is 48.5 Å². The van der Waals surface area contributed by atoms with Crippen molar-refractivity contribution in [3.8, 4) is 17.2 Å². The van der Waals surface area contributed by atoms with Crippen molar-refractivity contribution < 1.29 is 33.0 Å². The third-order valence-electron chi connectivity index (χ3n) is 4.73. The van der Waals surface area contributed by atoms with Gasteiger partial charge in [-0.1, -0.05) is 28.1 Å². The monoisotopic (exact) mass is 553 g/mol. The van der Waals surface area contributed by atoms with Gasteiger partial charge in [0.2, 0.25) is 6.10 Å². The van der Waals surface area contributed by atoms with Crippen LogP contribution in [0.15, 0.2) is 80.9 Å². The molecule has 0 spiro atoms. The molecule has 1 aliphatic heterocycles. The minimum Gasteiger partial charge on any atom is -0.485 e. The molecule has 2 amide bonds. The number of para-hydroxylation sites is 2. The first-order valence-corrected chi connectivity index (χ1v) is 11.5. The molecule has 0 bridgehead atoms. The Kier molecular flexibility index (Phi) is 8.14. The highest BCUT2D eigenvalue weighted by molar-refractivity contribution is 9.10. The maximum Gasteiger partial charge on any atom is 0.336 e. The molecule has 1 atom stereocenters. The van der Waals surface area contributed by atoms with E-state index in [-0.39, 0.29) is 18.9 Å². The average molecular weight is 554 g/mol. The van der Waals surface area contributed by atoms with Gasteiger partial charge in [0.25, 0.3) is 11.8 Å². The quantitative estimate of drug-likeness (QED) is 0.144. The highest BCUT2D eigenvalue weighted by Crippen LogP contribution is 2.30. The van der Waals surface area contributed by atoms with E-state index in [1.54, 1.807) is 54.6 Å². The fourth-order valence-corrected chi connectivity index (χ4v) is 3.41. The van der Waals surface area contributed by atoms with Gasteiger partial charge >= 0.3 is 5.97 Å². The van der Waals surface area contributed by atoms with Gasteiger partial charge < -0.3 is 23.9 Å². The van der Waals surface area contributed by atoms with E-state index in [0.717, 1.165) is 0 Å². The molecule has 0 saturated heterocycles. The summed E-state index contributed by atoms with van der Waals surface area (Å²) in [4.78, 5) is 36.6. The molecule has 1 aromatic heterocycles. The van der Waals surface area contributed by atoms with Gasteiger partial charge in [-0.2, -0.15) is 5.10 Å². The summed E-state index contributed by atoms with van der Waals surface area (Å²) >= 11 is 3.34. The Morgan fingerprint density at radius 3 is 2.75 bits per heavy atom. The van der Waals surface area contributed by atoms with Crippen molar-refractivity contribution in [2.45, 2.75) is 6.10 Å². The molecule has 10 nitrogen and oxygen atoms in total. The van der Waals surface area contributed by atoms with Crippen molar-refractivity contribution >= 4 is 46.0 Å². The second-order valence-corrected chi connectivity index (χ2v) is 8.24. The Balaban J connectivity index is 1.27. The number of fused-ring (bicyclic) bond motifs is 1. The molecule has 11 heteroatoms. The van der Waals surface area contributed by atoms with E-state index in [4.69, 9.17) is 18.6 Å². The normalized spacial score (nSPS) is 14.5. The summed E-state index contributed by atoms with van der Waals surface area (Å²) in [5.41, 5.74) is 2.74. The number of amides is 2. The molecule has 36 heavy (non-hydrogen) atoms. The van der Waals surface area contributed by atoms with E-state index in [2.05, 4.69) is 31.8 Å². The first-order chi connectivity index (χ1) is 17.5. The van der Waals surface area contributed by atoms with Crippen molar-refractivity contribution in [2.24, 2.45) is 5.10 Å². The topological polar surface area (TPSA) is 128 Å². The predicted octanol–water partition coefficient (Wildman–Crippen LogP) is 3.07. The predicted molar refractivity (Wildman–Crippen MR) is 133 cm³/mol. The maximum atomic E-state index is 12.3. The fourth-order valence-electron chi connectivity index (χ4n) is 3.04. The third kappa shape index (κ3) is 6.83. The SMILES string of the molecule is O=C(CNC(=O)C1COc2ccccc2O1)N/N=C/c1cc(Br)ccc1OC(=O)/C=C/c1ccco1. The largest absolute Gasteiger partial charge is 0.485 e. The first-order valence-electron chi connectivity index (χ1n) is 10.7. The molecule has 4 rings (SSSR count). The summed E-state index contributed by atoms with van der Waals surface area (Å²) < 4.78 is 22.3. The summed E-state index contributed by atoms with van der Waals surface area (Å²) in [6.07, 6.45) is 4.64. The number of hydrogen-bond donors (Lipinski definition) is 2. The Morgan fingerprint density at radius 2 is 1.94 bits per heavy atom. The average Bonchev–Trinajstić information content (AvgIpc) is 3.41. The highest BCUT2D eigenvalue weighted by Gasteiger charge is 2.27. The second kappa shape index (κ2) is 11.8. The lowest BCUT2D eigenvalue weighted by molar-refractivity contribution is -0.132. The van der Waals surface area contributed by atoms with E-state index in [1.165, 1.54) is 24.6 Å². The summed E-state index contributed by atoms with van der Waals surface area (Å²) in [5.74, 6) is 0.0745. The molecule has 0 radical (unpaired) electrons. The number of hydrogen-bond acceptors (Lipinski definition) is 8. The molecule has 0 fully saturated rings. The summed E-state index contributed by atoms with van der Waals surface area (Å²) in [6, 6.07) is 15.3. The number of halogens is 1. The maximum absolute atomic E-state index is 12.3. The van der Waals surface area contributed by atoms with Crippen molar-refractivity contribution in [3.63, 3.8) is 0 Å². The number of nitrogens with zero attached hydrogens (tertiary/aromatic N) is 1. The Hall–Kier alpha value is -4.38. The van der Waals surface area contributed by atoms with Crippen molar-refractivity contribution in [2.75, 3.05) is 13.2 Å². The van der Waals surface area contributed by atoms with Gasteiger partial charge in [-0.15, -0.1) is 0 Å². The van der Waals surface area contributed by atoms with Gasteiger partial charge in [0.15, 0.2) is 11.5 Å². The number of carbonyl (C=O) groups is 3. The highest BCUT2D eigenvalue weighted by atomic mass is 79.9. The van der Waals surface area contributed by atoms with Crippen LogP contribution in [0, 0.1) is 0 Å². The number of nitrogens with one attached hydrogen (secondary N) is 2. The Labute approximate surface area is 214 Å².